The molecule has 178 valence electrons. The summed E-state index contributed by atoms with van der Waals surface area (Å²) in [5.41, 5.74) is 0.343. The van der Waals surface area contributed by atoms with Crippen LogP contribution in [0.3, 0.4) is 0 Å². The number of hydrogen-bond donors (Lipinski definition) is 1. The minimum absolute atomic E-state index is 0.130. The third-order valence-electron chi connectivity index (χ3n) is 8.25. The fraction of sp³-hybridized carbons (Fsp3) is 0.875. The SMILES string of the molecule is CC(C)Cn1c(SCC(=O)N[C@@H](C)C23CC4CC(CC(C4)C2)C3)nnc1N1CCOCC1. The van der Waals surface area contributed by atoms with Crippen LogP contribution >= 0.6 is 11.8 Å². The van der Waals surface area contributed by atoms with E-state index in [1.165, 1.54) is 50.3 Å². The summed E-state index contributed by atoms with van der Waals surface area (Å²) in [7, 11) is 0. The number of aromatic nitrogens is 3. The highest BCUT2D eigenvalue weighted by molar-refractivity contribution is 7.99. The maximum atomic E-state index is 12.9. The van der Waals surface area contributed by atoms with Crippen LogP contribution in [0.2, 0.25) is 0 Å². The standard InChI is InChI=1S/C24H39N5O2S/c1-16(2)14-29-22(28-4-6-31-7-5-28)26-27-23(29)32-15-21(30)25-17(3)24-11-18-8-19(12-24)10-20(9-18)13-24/h16-20H,4-15H2,1-3H3,(H,25,30)/t17-,18?,19?,20?,24?/m0/s1. The highest BCUT2D eigenvalue weighted by Gasteiger charge is 2.53. The van der Waals surface area contributed by atoms with Crippen molar-refractivity contribution in [2.75, 3.05) is 37.0 Å². The third kappa shape index (κ3) is 4.54. The lowest BCUT2D eigenvalue weighted by atomic mass is 9.48. The van der Waals surface area contributed by atoms with Gasteiger partial charge < -0.3 is 15.0 Å². The fourth-order valence-electron chi connectivity index (χ4n) is 7.18. The van der Waals surface area contributed by atoms with Gasteiger partial charge >= 0.3 is 0 Å². The molecule has 4 aliphatic carbocycles. The number of amides is 1. The summed E-state index contributed by atoms with van der Waals surface area (Å²) in [4.78, 5) is 15.2. The van der Waals surface area contributed by atoms with Crippen LogP contribution in [0.5, 0.6) is 0 Å². The summed E-state index contributed by atoms with van der Waals surface area (Å²) < 4.78 is 7.69. The van der Waals surface area contributed by atoms with E-state index < -0.39 is 0 Å². The van der Waals surface area contributed by atoms with Gasteiger partial charge in [-0.05, 0) is 74.5 Å². The maximum Gasteiger partial charge on any atom is 0.230 e. The summed E-state index contributed by atoms with van der Waals surface area (Å²) in [5.74, 6) is 4.64. The Labute approximate surface area is 196 Å². The molecule has 0 radical (unpaired) electrons. The molecule has 4 saturated carbocycles. The van der Waals surface area contributed by atoms with E-state index in [1.54, 1.807) is 0 Å². The van der Waals surface area contributed by atoms with Crippen molar-refractivity contribution in [1.82, 2.24) is 20.1 Å². The molecule has 5 aliphatic rings. The monoisotopic (exact) mass is 461 g/mol. The summed E-state index contributed by atoms with van der Waals surface area (Å²) in [5, 5.41) is 13.2. The lowest BCUT2D eigenvalue weighted by Crippen LogP contribution is -2.56. The van der Waals surface area contributed by atoms with Crippen molar-refractivity contribution in [1.29, 1.82) is 0 Å². The molecule has 0 unspecified atom stereocenters. The molecule has 1 N–H and O–H groups in total. The Bertz CT molecular complexity index is 784. The quantitative estimate of drug-likeness (QED) is 0.597. The van der Waals surface area contributed by atoms with Crippen molar-refractivity contribution in [3.05, 3.63) is 0 Å². The zero-order valence-electron chi connectivity index (χ0n) is 19.9. The van der Waals surface area contributed by atoms with Crippen LogP contribution in [0.15, 0.2) is 5.16 Å². The Morgan fingerprint density at radius 3 is 2.31 bits per heavy atom. The Morgan fingerprint density at radius 2 is 1.72 bits per heavy atom. The minimum atomic E-state index is 0.130. The average molecular weight is 462 g/mol. The number of thioether (sulfide) groups is 1. The number of morpholine rings is 1. The molecule has 1 aliphatic heterocycles. The van der Waals surface area contributed by atoms with E-state index >= 15 is 0 Å². The van der Waals surface area contributed by atoms with Gasteiger partial charge in [-0.3, -0.25) is 9.36 Å². The number of hydrogen-bond acceptors (Lipinski definition) is 6. The van der Waals surface area contributed by atoms with Gasteiger partial charge in [0, 0.05) is 25.7 Å². The van der Waals surface area contributed by atoms with Gasteiger partial charge in [0.2, 0.25) is 11.9 Å². The van der Waals surface area contributed by atoms with E-state index in [2.05, 4.69) is 45.8 Å². The summed E-state index contributed by atoms with van der Waals surface area (Å²) in [6, 6.07) is 0.265. The molecule has 6 rings (SSSR count). The van der Waals surface area contributed by atoms with Crippen LogP contribution < -0.4 is 10.2 Å². The molecule has 1 aromatic heterocycles. The van der Waals surface area contributed by atoms with Crippen LogP contribution in [0.4, 0.5) is 5.95 Å². The molecule has 2 heterocycles. The van der Waals surface area contributed by atoms with Crippen LogP contribution in [0, 0.1) is 29.1 Å². The van der Waals surface area contributed by atoms with E-state index in [4.69, 9.17) is 4.74 Å². The smallest absolute Gasteiger partial charge is 0.230 e. The number of ether oxygens (including phenoxy) is 1. The van der Waals surface area contributed by atoms with Gasteiger partial charge in [-0.2, -0.15) is 0 Å². The van der Waals surface area contributed by atoms with Crippen molar-refractivity contribution in [2.45, 2.75) is 77.0 Å². The predicted octanol–water partition coefficient (Wildman–Crippen LogP) is 3.58. The van der Waals surface area contributed by atoms with Crippen molar-refractivity contribution in [3.8, 4) is 0 Å². The first-order chi connectivity index (χ1) is 15.4. The molecule has 1 aromatic rings. The molecular formula is C24H39N5O2S. The van der Waals surface area contributed by atoms with E-state index in [0.29, 0.717) is 17.1 Å². The zero-order chi connectivity index (χ0) is 22.3. The van der Waals surface area contributed by atoms with E-state index in [0.717, 1.165) is 61.7 Å². The number of nitrogens with zero attached hydrogens (tertiary/aromatic N) is 4. The molecule has 32 heavy (non-hydrogen) atoms. The van der Waals surface area contributed by atoms with Crippen LogP contribution in [-0.4, -0.2) is 58.8 Å². The normalized spacial score (nSPS) is 32.5. The van der Waals surface area contributed by atoms with E-state index in [9.17, 15) is 4.79 Å². The van der Waals surface area contributed by atoms with Crippen LogP contribution in [0.25, 0.3) is 0 Å². The van der Waals surface area contributed by atoms with Gasteiger partial charge in [-0.15, -0.1) is 10.2 Å². The molecule has 4 bridgehead atoms. The largest absolute Gasteiger partial charge is 0.378 e. The molecule has 7 nitrogen and oxygen atoms in total. The first kappa shape index (κ1) is 22.5. The number of anilines is 1. The summed E-state index contributed by atoms with van der Waals surface area (Å²) >= 11 is 1.52. The van der Waals surface area contributed by atoms with Crippen LogP contribution in [0.1, 0.15) is 59.3 Å². The Balaban J connectivity index is 1.21. The van der Waals surface area contributed by atoms with Gasteiger partial charge in [0.25, 0.3) is 0 Å². The van der Waals surface area contributed by atoms with E-state index in [-0.39, 0.29) is 11.9 Å². The highest BCUT2D eigenvalue weighted by Crippen LogP contribution is 2.61. The second-order valence-electron chi connectivity index (χ2n) is 11.2. The molecule has 5 fully saturated rings. The number of rotatable bonds is 8. The number of carbonyl (C=O) groups is 1. The molecule has 1 amide bonds. The van der Waals surface area contributed by atoms with Crippen molar-refractivity contribution >= 4 is 23.6 Å². The van der Waals surface area contributed by atoms with Crippen LogP contribution in [-0.2, 0) is 16.1 Å². The first-order valence-corrected chi connectivity index (χ1v) is 13.6. The van der Waals surface area contributed by atoms with Crippen molar-refractivity contribution in [3.63, 3.8) is 0 Å². The van der Waals surface area contributed by atoms with Gasteiger partial charge in [0.1, 0.15) is 0 Å². The van der Waals surface area contributed by atoms with E-state index in [1.807, 2.05) is 0 Å². The molecule has 0 aromatic carbocycles. The topological polar surface area (TPSA) is 72.3 Å². The second-order valence-corrected chi connectivity index (χ2v) is 12.2. The Hall–Kier alpha value is -1.28. The summed E-state index contributed by atoms with van der Waals surface area (Å²) in [6.07, 6.45) is 8.27. The first-order valence-electron chi connectivity index (χ1n) is 12.6. The number of carbonyl (C=O) groups excluding carboxylic acids is 1. The average Bonchev–Trinajstić information content (AvgIpc) is 3.13. The molecule has 8 heteroatoms. The summed E-state index contributed by atoms with van der Waals surface area (Å²) in [6.45, 7) is 10.6. The van der Waals surface area contributed by atoms with Gasteiger partial charge in [0.15, 0.2) is 5.16 Å². The highest BCUT2D eigenvalue weighted by atomic mass is 32.2. The van der Waals surface area contributed by atoms with Gasteiger partial charge in [0.05, 0.1) is 19.0 Å². The third-order valence-corrected chi connectivity index (χ3v) is 9.22. The van der Waals surface area contributed by atoms with Crippen molar-refractivity contribution < 1.29 is 9.53 Å². The fourth-order valence-corrected chi connectivity index (χ4v) is 7.94. The lowest BCUT2D eigenvalue weighted by Gasteiger charge is -2.59. The maximum absolute atomic E-state index is 12.9. The van der Waals surface area contributed by atoms with Gasteiger partial charge in [-0.25, -0.2) is 0 Å². The number of nitrogens with one attached hydrogen (secondary N) is 1. The van der Waals surface area contributed by atoms with Gasteiger partial charge in [-0.1, -0.05) is 25.6 Å². The lowest BCUT2D eigenvalue weighted by molar-refractivity contribution is -0.123. The van der Waals surface area contributed by atoms with Crippen molar-refractivity contribution in [2.24, 2.45) is 29.1 Å². The Kier molecular flexibility index (Phi) is 6.45. The molecule has 1 atom stereocenters. The second kappa shape index (κ2) is 9.16. The molecular weight excluding hydrogens is 422 g/mol. The molecule has 0 spiro atoms. The zero-order valence-corrected chi connectivity index (χ0v) is 20.7. The predicted molar refractivity (Wildman–Crippen MR) is 127 cm³/mol. The molecule has 1 saturated heterocycles. The minimum Gasteiger partial charge on any atom is -0.378 e. The Morgan fingerprint density at radius 1 is 1.09 bits per heavy atom.